The van der Waals surface area contributed by atoms with E-state index in [2.05, 4.69) is 10.4 Å². The molecule has 0 saturated heterocycles. The van der Waals surface area contributed by atoms with E-state index in [1.807, 2.05) is 19.0 Å². The molecule has 1 aromatic heterocycles. The molecular formula is C13H22ClN5O2. The standard InChI is InChI=1S/C13H22ClN5O2/c1-13(2,7-10(15)20)17-9-8-16-19(6-5-18(3)4)12(21)11(9)14/h8,17H,5-7H2,1-4H3,(H2,15,20). The molecule has 0 fully saturated rings. The lowest BCUT2D eigenvalue weighted by Gasteiger charge is -2.26. The van der Waals surface area contributed by atoms with E-state index in [0.29, 0.717) is 18.8 Å². The molecule has 0 spiro atoms. The maximum atomic E-state index is 12.1. The molecule has 0 radical (unpaired) electrons. The van der Waals surface area contributed by atoms with Crippen LogP contribution in [0.5, 0.6) is 0 Å². The van der Waals surface area contributed by atoms with E-state index in [-0.39, 0.29) is 17.0 Å². The number of likely N-dealkylation sites (N-methyl/N-ethyl adjacent to an activating group) is 1. The lowest BCUT2D eigenvalue weighted by molar-refractivity contribution is -0.118. The van der Waals surface area contributed by atoms with Gasteiger partial charge in [-0.2, -0.15) is 5.10 Å². The number of nitrogens with zero attached hydrogens (tertiary/aromatic N) is 3. The van der Waals surface area contributed by atoms with E-state index in [9.17, 15) is 9.59 Å². The summed E-state index contributed by atoms with van der Waals surface area (Å²) in [5.41, 5.74) is 4.62. The summed E-state index contributed by atoms with van der Waals surface area (Å²) in [5.74, 6) is -0.434. The van der Waals surface area contributed by atoms with Gasteiger partial charge in [0.25, 0.3) is 5.56 Å². The molecule has 7 nitrogen and oxygen atoms in total. The van der Waals surface area contributed by atoms with Crippen LogP contribution < -0.4 is 16.6 Å². The van der Waals surface area contributed by atoms with Crippen LogP contribution in [0.1, 0.15) is 20.3 Å². The van der Waals surface area contributed by atoms with Crippen LogP contribution in [0.4, 0.5) is 5.69 Å². The van der Waals surface area contributed by atoms with Crippen LogP contribution in [0.15, 0.2) is 11.0 Å². The van der Waals surface area contributed by atoms with Gasteiger partial charge in [-0.25, -0.2) is 4.68 Å². The molecule has 0 aliphatic carbocycles. The summed E-state index contributed by atoms with van der Waals surface area (Å²) in [6.45, 7) is 4.73. The normalized spacial score (nSPS) is 11.7. The van der Waals surface area contributed by atoms with E-state index >= 15 is 0 Å². The lowest BCUT2D eigenvalue weighted by atomic mass is 10.00. The van der Waals surface area contributed by atoms with Gasteiger partial charge in [-0.3, -0.25) is 9.59 Å². The number of hydrogen-bond acceptors (Lipinski definition) is 5. The van der Waals surface area contributed by atoms with Crippen molar-refractivity contribution in [3.63, 3.8) is 0 Å². The van der Waals surface area contributed by atoms with Gasteiger partial charge in [0, 0.05) is 18.5 Å². The molecule has 1 aromatic rings. The summed E-state index contributed by atoms with van der Waals surface area (Å²) in [6.07, 6.45) is 1.61. The molecule has 0 atom stereocenters. The highest BCUT2D eigenvalue weighted by molar-refractivity contribution is 6.32. The third-order valence-electron chi connectivity index (χ3n) is 2.83. The Morgan fingerprint density at radius 3 is 2.67 bits per heavy atom. The zero-order chi connectivity index (χ0) is 16.2. The van der Waals surface area contributed by atoms with Gasteiger partial charge < -0.3 is 16.0 Å². The molecule has 0 saturated carbocycles. The number of hydrogen-bond donors (Lipinski definition) is 2. The molecule has 0 unspecified atom stereocenters. The monoisotopic (exact) mass is 315 g/mol. The summed E-state index contributed by atoms with van der Waals surface area (Å²) in [6, 6.07) is 0. The van der Waals surface area contributed by atoms with Crippen molar-refractivity contribution >= 4 is 23.2 Å². The average molecular weight is 316 g/mol. The van der Waals surface area contributed by atoms with Crippen molar-refractivity contribution in [1.82, 2.24) is 14.7 Å². The third kappa shape index (κ3) is 5.35. The molecular weight excluding hydrogens is 294 g/mol. The first-order valence-corrected chi connectivity index (χ1v) is 6.97. The van der Waals surface area contributed by atoms with Gasteiger partial charge in [0.2, 0.25) is 5.91 Å². The largest absolute Gasteiger partial charge is 0.377 e. The molecule has 0 bridgehead atoms. The van der Waals surface area contributed by atoms with Gasteiger partial charge in [-0.15, -0.1) is 0 Å². The van der Waals surface area contributed by atoms with Crippen molar-refractivity contribution in [2.24, 2.45) is 5.73 Å². The van der Waals surface area contributed by atoms with Crippen LogP contribution >= 0.6 is 11.6 Å². The number of nitrogens with two attached hydrogens (primary N) is 1. The smallest absolute Gasteiger partial charge is 0.287 e. The number of rotatable bonds is 7. The highest BCUT2D eigenvalue weighted by Crippen LogP contribution is 2.22. The van der Waals surface area contributed by atoms with Crippen LogP contribution in [-0.2, 0) is 11.3 Å². The van der Waals surface area contributed by atoms with E-state index in [0.717, 1.165) is 0 Å². The first-order valence-electron chi connectivity index (χ1n) is 6.59. The van der Waals surface area contributed by atoms with Crippen molar-refractivity contribution in [1.29, 1.82) is 0 Å². The summed E-state index contributed by atoms with van der Waals surface area (Å²) in [4.78, 5) is 25.1. The number of halogens is 1. The fourth-order valence-electron chi connectivity index (χ4n) is 1.85. The summed E-state index contributed by atoms with van der Waals surface area (Å²) in [7, 11) is 3.82. The predicted octanol–water partition coefficient (Wildman–Crippen LogP) is 0.524. The minimum Gasteiger partial charge on any atom is -0.377 e. The average Bonchev–Trinajstić information content (AvgIpc) is 2.32. The fraction of sp³-hybridized carbons (Fsp3) is 0.615. The Hall–Kier alpha value is -1.60. The Kier molecular flexibility index (Phi) is 5.74. The highest BCUT2D eigenvalue weighted by Gasteiger charge is 2.22. The number of anilines is 1. The number of nitrogens with one attached hydrogen (secondary N) is 1. The van der Waals surface area contributed by atoms with Gasteiger partial charge in [0.15, 0.2) is 0 Å². The number of aromatic nitrogens is 2. The van der Waals surface area contributed by atoms with Crippen molar-refractivity contribution in [3.8, 4) is 0 Å². The van der Waals surface area contributed by atoms with Crippen molar-refractivity contribution in [2.45, 2.75) is 32.4 Å². The predicted molar refractivity (Wildman–Crippen MR) is 83.6 cm³/mol. The first-order chi connectivity index (χ1) is 9.62. The zero-order valence-corrected chi connectivity index (χ0v) is 13.6. The second kappa shape index (κ2) is 6.91. The Morgan fingerprint density at radius 2 is 2.14 bits per heavy atom. The Morgan fingerprint density at radius 1 is 1.52 bits per heavy atom. The molecule has 0 aliphatic heterocycles. The summed E-state index contributed by atoms with van der Waals surface area (Å²) in [5, 5.41) is 7.18. The quantitative estimate of drug-likeness (QED) is 0.765. The molecule has 118 valence electrons. The van der Waals surface area contributed by atoms with Gasteiger partial charge in [-0.05, 0) is 27.9 Å². The number of carbonyl (C=O) groups excluding carboxylic acids is 1. The molecule has 3 N–H and O–H groups in total. The Labute approximate surface area is 129 Å². The number of carbonyl (C=O) groups is 1. The number of amides is 1. The molecule has 0 aromatic carbocycles. The molecule has 21 heavy (non-hydrogen) atoms. The van der Waals surface area contributed by atoms with E-state index in [4.69, 9.17) is 17.3 Å². The van der Waals surface area contributed by atoms with Crippen LogP contribution in [0.25, 0.3) is 0 Å². The van der Waals surface area contributed by atoms with Crippen molar-refractivity contribution in [3.05, 3.63) is 21.6 Å². The second-order valence-corrected chi connectivity index (χ2v) is 6.23. The lowest BCUT2D eigenvalue weighted by Crippen LogP contribution is -2.37. The van der Waals surface area contributed by atoms with Gasteiger partial charge in [-0.1, -0.05) is 11.6 Å². The maximum absolute atomic E-state index is 12.1. The van der Waals surface area contributed by atoms with Gasteiger partial charge in [0.1, 0.15) is 5.02 Å². The van der Waals surface area contributed by atoms with Crippen molar-refractivity contribution < 1.29 is 4.79 Å². The minimum atomic E-state index is -0.612. The zero-order valence-electron chi connectivity index (χ0n) is 12.8. The molecule has 1 amide bonds. The molecule has 1 rings (SSSR count). The fourth-order valence-corrected chi connectivity index (χ4v) is 2.04. The molecule has 8 heteroatoms. The summed E-state index contributed by atoms with van der Waals surface area (Å²) >= 11 is 6.09. The van der Waals surface area contributed by atoms with Crippen molar-refractivity contribution in [2.75, 3.05) is 26.0 Å². The number of primary amides is 1. The Bertz CT molecular complexity index is 568. The summed E-state index contributed by atoms with van der Waals surface area (Å²) < 4.78 is 1.31. The third-order valence-corrected chi connectivity index (χ3v) is 3.20. The first kappa shape index (κ1) is 17.5. The van der Waals surface area contributed by atoms with E-state index in [1.54, 1.807) is 13.8 Å². The topological polar surface area (TPSA) is 93.2 Å². The van der Waals surface area contributed by atoms with Crippen LogP contribution in [0.3, 0.4) is 0 Å². The van der Waals surface area contributed by atoms with Crippen LogP contribution in [-0.4, -0.2) is 46.8 Å². The maximum Gasteiger partial charge on any atom is 0.287 e. The van der Waals surface area contributed by atoms with E-state index < -0.39 is 11.4 Å². The second-order valence-electron chi connectivity index (χ2n) is 5.86. The minimum absolute atomic E-state index is 0.0568. The molecule has 1 heterocycles. The van der Waals surface area contributed by atoms with Crippen LogP contribution in [0, 0.1) is 0 Å². The van der Waals surface area contributed by atoms with Gasteiger partial charge >= 0.3 is 0 Å². The highest BCUT2D eigenvalue weighted by atomic mass is 35.5. The molecule has 0 aliphatic rings. The Balaban J connectivity index is 2.94. The van der Waals surface area contributed by atoms with E-state index in [1.165, 1.54) is 10.9 Å². The van der Waals surface area contributed by atoms with Gasteiger partial charge in [0.05, 0.1) is 18.4 Å². The SMILES string of the molecule is CN(C)CCn1ncc(NC(C)(C)CC(N)=O)c(Cl)c1=O. The van der Waals surface area contributed by atoms with Crippen LogP contribution in [0.2, 0.25) is 5.02 Å².